The maximum absolute atomic E-state index is 13.8. The summed E-state index contributed by atoms with van der Waals surface area (Å²) in [6, 6.07) is 10.8. The molecule has 0 unspecified atom stereocenters. The van der Waals surface area contributed by atoms with E-state index in [0.29, 0.717) is 19.4 Å². The number of hydrogen-bond acceptors (Lipinski definition) is 6. The molecule has 2 aromatic carbocycles. The molecule has 1 aliphatic rings. The van der Waals surface area contributed by atoms with E-state index >= 15 is 0 Å². The van der Waals surface area contributed by atoms with Gasteiger partial charge in [0, 0.05) is 30.2 Å². The van der Waals surface area contributed by atoms with Crippen LogP contribution in [0.1, 0.15) is 32.8 Å². The number of fused-ring (bicyclic) bond motifs is 1. The van der Waals surface area contributed by atoms with Gasteiger partial charge in [-0.3, -0.25) is 14.6 Å². The van der Waals surface area contributed by atoms with Crippen LogP contribution < -0.4 is 25.8 Å². The minimum atomic E-state index is -3.77. The first-order valence-corrected chi connectivity index (χ1v) is 10.2. The third-order valence-electron chi connectivity index (χ3n) is 4.92. The van der Waals surface area contributed by atoms with Gasteiger partial charge in [0.15, 0.2) is 11.5 Å². The fourth-order valence-electron chi connectivity index (χ4n) is 3.37. The number of hydrogen-bond donors (Lipinski definition) is 3. The standard InChI is InChI=1S/C23H19F3N4O4/c24-14-3-5-16(22(32)30-15-4-6-19-20(12-15)34-23(25,26)33-19)17(11-14)28-8-1-2-13-7-9-29-18(10-13)21(27)31/h3-7,9-12,28H,1-2,8H2,(H2,27,31)(H,30,32). The Morgan fingerprint density at radius 3 is 2.62 bits per heavy atom. The van der Waals surface area contributed by atoms with E-state index in [1.54, 1.807) is 12.1 Å². The summed E-state index contributed by atoms with van der Waals surface area (Å²) in [4.78, 5) is 27.9. The van der Waals surface area contributed by atoms with Crippen molar-refractivity contribution in [2.45, 2.75) is 19.1 Å². The number of ether oxygens (including phenoxy) is 2. The third-order valence-corrected chi connectivity index (χ3v) is 4.92. The molecule has 11 heteroatoms. The number of nitrogens with one attached hydrogen (secondary N) is 2. The molecule has 2 amide bonds. The predicted octanol–water partition coefficient (Wildman–Crippen LogP) is 3.94. The number of benzene rings is 2. The number of alkyl halides is 2. The van der Waals surface area contributed by atoms with Gasteiger partial charge in [-0.2, -0.15) is 0 Å². The molecule has 2 heterocycles. The molecule has 0 bridgehead atoms. The summed E-state index contributed by atoms with van der Waals surface area (Å²) in [7, 11) is 0. The number of aryl methyl sites for hydroxylation is 1. The lowest BCUT2D eigenvalue weighted by Crippen LogP contribution is -2.25. The molecular weight excluding hydrogens is 453 g/mol. The zero-order valence-electron chi connectivity index (χ0n) is 17.6. The van der Waals surface area contributed by atoms with Crippen molar-refractivity contribution >= 4 is 23.2 Å². The summed E-state index contributed by atoms with van der Waals surface area (Å²) in [5, 5.41) is 5.60. The van der Waals surface area contributed by atoms with E-state index < -0.39 is 23.9 Å². The molecule has 0 saturated carbocycles. The quantitative estimate of drug-likeness (QED) is 0.428. The van der Waals surface area contributed by atoms with Crippen LogP contribution in [0, 0.1) is 5.82 Å². The molecule has 0 saturated heterocycles. The van der Waals surface area contributed by atoms with Gasteiger partial charge in [0.2, 0.25) is 0 Å². The fourth-order valence-corrected chi connectivity index (χ4v) is 3.37. The zero-order chi connectivity index (χ0) is 24.3. The van der Waals surface area contributed by atoms with Crippen molar-refractivity contribution in [3.05, 3.63) is 77.4 Å². The molecule has 0 aliphatic carbocycles. The van der Waals surface area contributed by atoms with Gasteiger partial charge >= 0.3 is 6.29 Å². The number of aromatic nitrogens is 1. The second kappa shape index (κ2) is 9.30. The Bertz CT molecular complexity index is 1250. The predicted molar refractivity (Wildman–Crippen MR) is 117 cm³/mol. The van der Waals surface area contributed by atoms with Crippen molar-refractivity contribution in [2.24, 2.45) is 5.73 Å². The lowest BCUT2D eigenvalue weighted by Gasteiger charge is -2.13. The SMILES string of the molecule is NC(=O)c1cc(CCCNc2cc(F)ccc2C(=O)Nc2ccc3c(c2)OC(F)(F)O3)ccn1. The lowest BCUT2D eigenvalue weighted by atomic mass is 10.1. The highest BCUT2D eigenvalue weighted by atomic mass is 19.3. The van der Waals surface area contributed by atoms with Crippen molar-refractivity contribution in [2.75, 3.05) is 17.2 Å². The lowest BCUT2D eigenvalue weighted by molar-refractivity contribution is -0.286. The summed E-state index contributed by atoms with van der Waals surface area (Å²) in [6.07, 6.45) is -1.07. The average Bonchev–Trinajstić information content (AvgIpc) is 3.10. The van der Waals surface area contributed by atoms with Crippen LogP contribution in [0.2, 0.25) is 0 Å². The van der Waals surface area contributed by atoms with Crippen LogP contribution in [-0.4, -0.2) is 29.6 Å². The Morgan fingerprint density at radius 1 is 1.03 bits per heavy atom. The monoisotopic (exact) mass is 472 g/mol. The van der Waals surface area contributed by atoms with Crippen molar-refractivity contribution in [3.8, 4) is 11.5 Å². The molecule has 3 aromatic rings. The van der Waals surface area contributed by atoms with Crippen LogP contribution in [0.4, 0.5) is 24.5 Å². The van der Waals surface area contributed by atoms with Gasteiger partial charge in [0.1, 0.15) is 11.5 Å². The fraction of sp³-hybridized carbons (Fsp3) is 0.174. The summed E-state index contributed by atoms with van der Waals surface area (Å²) >= 11 is 0. The van der Waals surface area contributed by atoms with Crippen molar-refractivity contribution in [1.82, 2.24) is 4.98 Å². The molecule has 8 nitrogen and oxygen atoms in total. The van der Waals surface area contributed by atoms with Crippen molar-refractivity contribution in [3.63, 3.8) is 0 Å². The van der Waals surface area contributed by atoms with Gasteiger partial charge in [0.05, 0.1) is 5.56 Å². The zero-order valence-corrected chi connectivity index (χ0v) is 17.6. The normalized spacial score (nSPS) is 13.4. The number of anilines is 2. The number of pyridine rings is 1. The van der Waals surface area contributed by atoms with Gasteiger partial charge in [-0.05, 0) is 60.9 Å². The second-order valence-corrected chi connectivity index (χ2v) is 7.42. The number of halogens is 3. The first-order valence-electron chi connectivity index (χ1n) is 10.2. The molecular formula is C23H19F3N4O4. The van der Waals surface area contributed by atoms with Gasteiger partial charge < -0.3 is 25.8 Å². The molecule has 0 radical (unpaired) electrons. The molecule has 34 heavy (non-hydrogen) atoms. The highest BCUT2D eigenvalue weighted by Crippen LogP contribution is 2.42. The van der Waals surface area contributed by atoms with Crippen molar-refractivity contribution in [1.29, 1.82) is 0 Å². The Balaban J connectivity index is 1.39. The Hall–Kier alpha value is -4.28. The highest BCUT2D eigenvalue weighted by molar-refractivity contribution is 6.08. The van der Waals surface area contributed by atoms with E-state index in [2.05, 4.69) is 25.1 Å². The number of carbonyl (C=O) groups is 2. The highest BCUT2D eigenvalue weighted by Gasteiger charge is 2.43. The topological polar surface area (TPSA) is 116 Å². The first-order chi connectivity index (χ1) is 16.2. The molecule has 0 fully saturated rings. The second-order valence-electron chi connectivity index (χ2n) is 7.42. The number of nitrogens with two attached hydrogens (primary N) is 1. The Morgan fingerprint density at radius 2 is 1.82 bits per heavy atom. The van der Waals surface area contributed by atoms with E-state index in [4.69, 9.17) is 5.73 Å². The van der Waals surface area contributed by atoms with Crippen LogP contribution in [-0.2, 0) is 6.42 Å². The van der Waals surface area contributed by atoms with E-state index in [-0.39, 0.29) is 34.1 Å². The van der Waals surface area contributed by atoms with Gasteiger partial charge in [0.25, 0.3) is 11.8 Å². The summed E-state index contributed by atoms with van der Waals surface area (Å²) < 4.78 is 48.9. The maximum atomic E-state index is 13.8. The number of nitrogens with zero attached hydrogens (tertiary/aromatic N) is 1. The summed E-state index contributed by atoms with van der Waals surface area (Å²) in [5.41, 5.74) is 6.87. The minimum Gasteiger partial charge on any atom is -0.395 e. The molecule has 176 valence electrons. The van der Waals surface area contributed by atoms with Crippen LogP contribution in [0.3, 0.4) is 0 Å². The number of carbonyl (C=O) groups excluding carboxylic acids is 2. The third kappa shape index (κ3) is 5.37. The van der Waals surface area contributed by atoms with Gasteiger partial charge in [-0.25, -0.2) is 4.39 Å². The molecule has 4 rings (SSSR count). The van der Waals surface area contributed by atoms with Crippen LogP contribution >= 0.6 is 0 Å². The molecule has 1 aliphatic heterocycles. The van der Waals surface area contributed by atoms with Crippen LogP contribution in [0.5, 0.6) is 11.5 Å². The number of amides is 2. The van der Waals surface area contributed by atoms with E-state index in [9.17, 15) is 22.8 Å². The first kappa shape index (κ1) is 22.9. The van der Waals surface area contributed by atoms with E-state index in [1.165, 1.54) is 36.5 Å². The minimum absolute atomic E-state index is 0.149. The van der Waals surface area contributed by atoms with Crippen LogP contribution in [0.15, 0.2) is 54.7 Å². The van der Waals surface area contributed by atoms with Crippen molar-refractivity contribution < 1.29 is 32.2 Å². The largest absolute Gasteiger partial charge is 0.586 e. The van der Waals surface area contributed by atoms with Gasteiger partial charge in [-0.15, -0.1) is 8.78 Å². The summed E-state index contributed by atoms with van der Waals surface area (Å²) in [6.45, 7) is 0.400. The van der Waals surface area contributed by atoms with Crippen LogP contribution in [0.25, 0.3) is 0 Å². The van der Waals surface area contributed by atoms with Gasteiger partial charge in [-0.1, -0.05) is 0 Å². The Kier molecular flexibility index (Phi) is 6.26. The van der Waals surface area contributed by atoms with E-state index in [0.717, 1.165) is 11.6 Å². The molecule has 4 N–H and O–H groups in total. The smallest absolute Gasteiger partial charge is 0.395 e. The molecule has 0 atom stereocenters. The molecule has 0 spiro atoms. The Labute approximate surface area is 191 Å². The number of rotatable bonds is 8. The average molecular weight is 472 g/mol. The summed E-state index contributed by atoms with van der Waals surface area (Å²) in [5.74, 6) is -2.09. The molecule has 1 aromatic heterocycles. The number of primary amides is 1. The maximum Gasteiger partial charge on any atom is 0.586 e. The van der Waals surface area contributed by atoms with E-state index in [1.807, 2.05) is 0 Å².